The molecule has 1 saturated carbocycles. The van der Waals surface area contributed by atoms with Gasteiger partial charge in [0.25, 0.3) is 0 Å². The molecule has 0 bridgehead atoms. The summed E-state index contributed by atoms with van der Waals surface area (Å²) in [5.41, 5.74) is 0. The predicted molar refractivity (Wildman–Crippen MR) is 101 cm³/mol. The van der Waals surface area contributed by atoms with Gasteiger partial charge in [-0.05, 0) is 31.9 Å². The van der Waals surface area contributed by atoms with Gasteiger partial charge < -0.3 is 14.4 Å². The number of anilines is 1. The molecule has 0 radical (unpaired) electrons. The lowest BCUT2D eigenvalue weighted by Gasteiger charge is -2.37. The minimum Gasteiger partial charge on any atom is -0.353 e. The smallest absolute Gasteiger partial charge is 0.225 e. The van der Waals surface area contributed by atoms with Crippen molar-refractivity contribution in [3.63, 3.8) is 0 Å². The van der Waals surface area contributed by atoms with Gasteiger partial charge in [0.15, 0.2) is 0 Å². The fraction of sp³-hybridized carbons (Fsp3) is 0.550. The van der Waals surface area contributed by atoms with Gasteiger partial charge in [-0.3, -0.25) is 4.79 Å². The summed E-state index contributed by atoms with van der Waals surface area (Å²) in [5, 5.41) is 0. The van der Waals surface area contributed by atoms with Gasteiger partial charge in [-0.2, -0.15) is 0 Å². The van der Waals surface area contributed by atoms with E-state index in [1.807, 2.05) is 42.1 Å². The maximum absolute atomic E-state index is 12.7. The molecule has 0 N–H and O–H groups in total. The molecule has 4 rings (SSSR count). The number of piperazine rings is 1. The highest BCUT2D eigenvalue weighted by atomic mass is 16.2. The van der Waals surface area contributed by atoms with Crippen LogP contribution in [-0.4, -0.2) is 51.5 Å². The first-order valence-electron chi connectivity index (χ1n) is 9.73. The number of aromatic nitrogens is 3. The molecule has 2 aliphatic rings. The molecule has 3 heterocycles. The number of aryl methyl sites for hydroxylation is 1. The van der Waals surface area contributed by atoms with Crippen LogP contribution < -0.4 is 4.90 Å². The lowest BCUT2D eigenvalue weighted by atomic mass is 9.88. The van der Waals surface area contributed by atoms with Crippen LogP contribution in [0.25, 0.3) is 5.82 Å². The first-order valence-corrected chi connectivity index (χ1v) is 9.73. The van der Waals surface area contributed by atoms with E-state index in [1.54, 1.807) is 0 Å². The largest absolute Gasteiger partial charge is 0.353 e. The molecule has 2 aromatic rings. The Bertz CT molecular complexity index is 744. The van der Waals surface area contributed by atoms with E-state index < -0.39 is 0 Å². The van der Waals surface area contributed by atoms with E-state index in [9.17, 15) is 4.79 Å². The van der Waals surface area contributed by atoms with E-state index in [-0.39, 0.29) is 5.92 Å². The van der Waals surface area contributed by atoms with Crippen molar-refractivity contribution in [1.82, 2.24) is 19.4 Å². The highest BCUT2D eigenvalue weighted by molar-refractivity contribution is 5.79. The van der Waals surface area contributed by atoms with Crippen molar-refractivity contribution in [2.75, 3.05) is 31.1 Å². The summed E-state index contributed by atoms with van der Waals surface area (Å²) in [6, 6.07) is 6.02. The summed E-state index contributed by atoms with van der Waals surface area (Å²) in [6.07, 6.45) is 9.83. The van der Waals surface area contributed by atoms with E-state index in [0.29, 0.717) is 5.91 Å². The van der Waals surface area contributed by atoms with Gasteiger partial charge in [0.1, 0.15) is 17.5 Å². The Morgan fingerprint density at radius 2 is 1.62 bits per heavy atom. The molecule has 6 nitrogen and oxygen atoms in total. The molecule has 138 valence electrons. The summed E-state index contributed by atoms with van der Waals surface area (Å²) in [7, 11) is 0. The van der Waals surface area contributed by atoms with Crippen LogP contribution in [0.3, 0.4) is 0 Å². The molecule has 0 spiro atoms. The highest BCUT2D eigenvalue weighted by Gasteiger charge is 2.28. The van der Waals surface area contributed by atoms with Crippen molar-refractivity contribution < 1.29 is 4.79 Å². The minimum atomic E-state index is 0.261. The van der Waals surface area contributed by atoms with Crippen LogP contribution in [0, 0.1) is 12.8 Å². The molecular formula is C20H27N5O. The van der Waals surface area contributed by atoms with Crippen molar-refractivity contribution in [2.24, 2.45) is 5.92 Å². The minimum absolute atomic E-state index is 0.261. The zero-order chi connectivity index (χ0) is 17.9. The summed E-state index contributed by atoms with van der Waals surface area (Å²) in [4.78, 5) is 26.2. The second kappa shape index (κ2) is 7.48. The number of carbonyl (C=O) groups excluding carboxylic acids is 1. The molecule has 1 aliphatic carbocycles. The van der Waals surface area contributed by atoms with E-state index in [1.165, 1.54) is 19.3 Å². The monoisotopic (exact) mass is 353 g/mol. The van der Waals surface area contributed by atoms with Crippen LogP contribution in [0.5, 0.6) is 0 Å². The number of carbonyl (C=O) groups is 1. The van der Waals surface area contributed by atoms with Gasteiger partial charge >= 0.3 is 0 Å². The molecule has 2 aromatic heterocycles. The van der Waals surface area contributed by atoms with E-state index in [2.05, 4.69) is 19.8 Å². The van der Waals surface area contributed by atoms with E-state index >= 15 is 0 Å². The van der Waals surface area contributed by atoms with Gasteiger partial charge in [0, 0.05) is 50.6 Å². The maximum atomic E-state index is 12.7. The lowest BCUT2D eigenvalue weighted by Crippen LogP contribution is -2.50. The summed E-state index contributed by atoms with van der Waals surface area (Å²) in [5.74, 6) is 3.24. The average molecular weight is 353 g/mol. The Hall–Kier alpha value is -2.37. The third-order valence-electron chi connectivity index (χ3n) is 5.55. The number of hydrogen-bond acceptors (Lipinski definition) is 4. The second-order valence-corrected chi connectivity index (χ2v) is 7.37. The SMILES string of the molecule is Cc1nc(N2CCN(C(=O)C3CCCCC3)CC2)cc(-n2cccc2)n1. The first kappa shape index (κ1) is 17.1. The van der Waals surface area contributed by atoms with Crippen LogP contribution in [0.2, 0.25) is 0 Å². The number of hydrogen-bond donors (Lipinski definition) is 0. The topological polar surface area (TPSA) is 54.3 Å². The lowest BCUT2D eigenvalue weighted by molar-refractivity contribution is -0.136. The second-order valence-electron chi connectivity index (χ2n) is 7.37. The van der Waals surface area contributed by atoms with Gasteiger partial charge in [0.05, 0.1) is 0 Å². The summed E-state index contributed by atoms with van der Waals surface area (Å²) in [6.45, 7) is 5.17. The van der Waals surface area contributed by atoms with Crippen LogP contribution in [0.1, 0.15) is 37.9 Å². The van der Waals surface area contributed by atoms with Crippen LogP contribution in [0.4, 0.5) is 5.82 Å². The Morgan fingerprint density at radius 3 is 2.31 bits per heavy atom. The van der Waals surface area contributed by atoms with E-state index in [0.717, 1.165) is 56.5 Å². The van der Waals surface area contributed by atoms with Gasteiger partial charge in [-0.25, -0.2) is 9.97 Å². The van der Waals surface area contributed by atoms with Crippen LogP contribution in [-0.2, 0) is 4.79 Å². The molecule has 0 aromatic carbocycles. The number of nitrogens with zero attached hydrogens (tertiary/aromatic N) is 5. The van der Waals surface area contributed by atoms with Gasteiger partial charge in [-0.15, -0.1) is 0 Å². The summed E-state index contributed by atoms with van der Waals surface area (Å²) >= 11 is 0. The van der Waals surface area contributed by atoms with Crippen molar-refractivity contribution in [1.29, 1.82) is 0 Å². The molecule has 1 aliphatic heterocycles. The quantitative estimate of drug-likeness (QED) is 0.851. The van der Waals surface area contributed by atoms with Crippen molar-refractivity contribution in [2.45, 2.75) is 39.0 Å². The maximum Gasteiger partial charge on any atom is 0.225 e. The van der Waals surface area contributed by atoms with Crippen LogP contribution in [0.15, 0.2) is 30.6 Å². The average Bonchev–Trinajstić information content (AvgIpc) is 3.23. The Morgan fingerprint density at radius 1 is 0.962 bits per heavy atom. The Kier molecular flexibility index (Phi) is 4.91. The van der Waals surface area contributed by atoms with Crippen LogP contribution >= 0.6 is 0 Å². The van der Waals surface area contributed by atoms with Crippen molar-refractivity contribution in [3.8, 4) is 5.82 Å². The molecule has 2 fully saturated rings. The van der Waals surface area contributed by atoms with Gasteiger partial charge in [0.2, 0.25) is 5.91 Å². The first-order chi connectivity index (χ1) is 12.7. The van der Waals surface area contributed by atoms with Crippen molar-refractivity contribution in [3.05, 3.63) is 36.4 Å². The normalized spacial score (nSPS) is 19.0. The fourth-order valence-electron chi connectivity index (χ4n) is 4.08. The highest BCUT2D eigenvalue weighted by Crippen LogP contribution is 2.26. The molecule has 0 unspecified atom stereocenters. The molecule has 1 amide bonds. The van der Waals surface area contributed by atoms with Gasteiger partial charge in [-0.1, -0.05) is 19.3 Å². The van der Waals surface area contributed by atoms with E-state index in [4.69, 9.17) is 0 Å². The Labute approximate surface area is 154 Å². The number of rotatable bonds is 3. The fourth-order valence-corrected chi connectivity index (χ4v) is 4.08. The van der Waals surface area contributed by atoms with Crippen molar-refractivity contribution >= 4 is 11.7 Å². The zero-order valence-electron chi connectivity index (χ0n) is 15.5. The molecule has 1 saturated heterocycles. The molecule has 0 atom stereocenters. The summed E-state index contributed by atoms with van der Waals surface area (Å²) < 4.78 is 2.00. The third kappa shape index (κ3) is 3.59. The molecular weight excluding hydrogens is 326 g/mol. The molecule has 26 heavy (non-hydrogen) atoms. The third-order valence-corrected chi connectivity index (χ3v) is 5.55. The standard InChI is InChI=1S/C20H27N5O/c1-16-21-18(23-9-5-6-10-23)15-19(22-16)24-11-13-25(14-12-24)20(26)17-7-3-2-4-8-17/h5-6,9-10,15,17H,2-4,7-8,11-14H2,1H3. The predicted octanol–water partition coefficient (Wildman–Crippen LogP) is 2.80. The zero-order valence-corrected chi connectivity index (χ0v) is 15.5. The number of amides is 1. The molecule has 6 heteroatoms. The Balaban J connectivity index is 1.42.